The molecule has 0 bridgehead atoms. The van der Waals surface area contributed by atoms with E-state index in [0.717, 1.165) is 28.3 Å². The molecule has 0 spiro atoms. The van der Waals surface area contributed by atoms with Crippen LogP contribution in [0.25, 0.3) is 11.5 Å². The molecule has 0 N–H and O–H groups in total. The normalized spacial score (nSPS) is 11.2. The van der Waals surface area contributed by atoms with Crippen LogP contribution in [-0.2, 0) is 0 Å². The molecule has 1 aromatic heterocycles. The zero-order chi connectivity index (χ0) is 24.1. The number of nitrogens with zero attached hydrogens (tertiary/aromatic N) is 1. The second-order valence-corrected chi connectivity index (χ2v) is 13.0. The van der Waals surface area contributed by atoms with Crippen LogP contribution in [0.3, 0.4) is 0 Å². The largest absolute Gasteiger partial charge is 1.00 e. The van der Waals surface area contributed by atoms with E-state index in [-0.39, 0.29) is 24.0 Å². The zero-order valence-corrected chi connectivity index (χ0v) is 24.5. The molecule has 0 saturated heterocycles. The second-order valence-electron chi connectivity index (χ2n) is 8.16. The molecule has 36 heavy (non-hydrogen) atoms. The number of hydrogen-bond donors (Lipinski definition) is 0. The molecule has 0 amide bonds. The van der Waals surface area contributed by atoms with E-state index in [1.807, 2.05) is 24.3 Å². The third-order valence-electron chi connectivity index (χ3n) is 5.86. The summed E-state index contributed by atoms with van der Waals surface area (Å²) in [7, 11) is -2.34. The van der Waals surface area contributed by atoms with Gasteiger partial charge in [-0.25, -0.2) is 0 Å². The summed E-state index contributed by atoms with van der Waals surface area (Å²) in [5.41, 5.74) is 1.94. The molecule has 5 rings (SSSR count). The molecule has 0 aliphatic carbocycles. The van der Waals surface area contributed by atoms with E-state index < -0.39 is 7.26 Å². The molecule has 0 atom stereocenters. The highest BCUT2D eigenvalue weighted by Crippen LogP contribution is 2.56. The predicted molar refractivity (Wildman–Crippen MR) is 153 cm³/mol. The van der Waals surface area contributed by atoms with Gasteiger partial charge >= 0.3 is 0 Å². The summed E-state index contributed by atoms with van der Waals surface area (Å²) in [6.45, 7) is 2.19. The third kappa shape index (κ3) is 5.28. The van der Waals surface area contributed by atoms with Crippen LogP contribution in [0.2, 0.25) is 5.02 Å². The Morgan fingerprint density at radius 1 is 0.722 bits per heavy atom. The maximum Gasteiger partial charge on any atom is 0.251 e. The van der Waals surface area contributed by atoms with E-state index in [1.165, 1.54) is 15.9 Å². The maximum atomic E-state index is 6.55. The molecule has 0 unspecified atom stereocenters. The summed E-state index contributed by atoms with van der Waals surface area (Å²) < 4.78 is 6.55. The fourth-order valence-electron chi connectivity index (χ4n) is 4.28. The molecule has 5 aromatic rings. The van der Waals surface area contributed by atoms with Crippen molar-refractivity contribution in [2.75, 3.05) is 5.75 Å². The number of thioether (sulfide) groups is 1. The van der Waals surface area contributed by atoms with Crippen LogP contribution in [0, 0.1) is 0 Å². The molecular formula is C30H26ClINOPS. The highest BCUT2D eigenvalue weighted by atomic mass is 127. The van der Waals surface area contributed by atoms with Gasteiger partial charge in [0.2, 0.25) is 11.0 Å². The maximum absolute atomic E-state index is 6.55. The van der Waals surface area contributed by atoms with E-state index in [9.17, 15) is 0 Å². The Bertz CT molecular complexity index is 1280. The fourth-order valence-corrected chi connectivity index (χ4v) is 9.76. The average Bonchev–Trinajstić information content (AvgIpc) is 3.34. The quantitative estimate of drug-likeness (QED) is 0.145. The van der Waals surface area contributed by atoms with E-state index in [0.29, 0.717) is 10.9 Å². The molecule has 6 heteroatoms. The number of benzene rings is 4. The Morgan fingerprint density at radius 2 is 1.19 bits per heavy atom. The molecule has 182 valence electrons. The Labute approximate surface area is 239 Å². The molecular weight excluding hydrogens is 616 g/mol. The predicted octanol–water partition coefficient (Wildman–Crippen LogP) is 4.12. The minimum atomic E-state index is -2.34. The van der Waals surface area contributed by atoms with Crippen LogP contribution in [0.4, 0.5) is 0 Å². The first-order chi connectivity index (χ1) is 17.2. The minimum absolute atomic E-state index is 0. The second kappa shape index (κ2) is 12.4. The Balaban J connectivity index is 0.00000304. The summed E-state index contributed by atoms with van der Waals surface area (Å²) in [5, 5.41) is 5.35. The van der Waals surface area contributed by atoms with Crippen LogP contribution in [0.15, 0.2) is 125 Å². The molecule has 0 fully saturated rings. The smallest absolute Gasteiger partial charge is 0.251 e. The monoisotopic (exact) mass is 641 g/mol. The summed E-state index contributed by atoms with van der Waals surface area (Å²) in [5.74, 6) is 1.59. The first kappa shape index (κ1) is 26.9. The lowest BCUT2D eigenvalue weighted by atomic mass is 10.2. The first-order valence-electron chi connectivity index (χ1n) is 11.7. The van der Waals surface area contributed by atoms with Gasteiger partial charge in [-0.05, 0) is 67.1 Å². The van der Waals surface area contributed by atoms with Crippen LogP contribution in [-0.4, -0.2) is 10.7 Å². The van der Waals surface area contributed by atoms with Crippen molar-refractivity contribution in [3.63, 3.8) is 0 Å². The molecule has 0 radical (unpaired) electrons. The van der Waals surface area contributed by atoms with Crippen LogP contribution in [0.1, 0.15) is 13.3 Å². The summed E-state index contributed by atoms with van der Waals surface area (Å²) in [6, 6.07) is 40.1. The summed E-state index contributed by atoms with van der Waals surface area (Å²) >= 11 is 7.92. The molecule has 4 aromatic carbocycles. The Hall–Kier alpha value is -2.11. The van der Waals surface area contributed by atoms with Gasteiger partial charge in [0.05, 0.1) is 0 Å². The van der Waals surface area contributed by atoms with Crippen molar-refractivity contribution in [2.24, 2.45) is 0 Å². The van der Waals surface area contributed by atoms with Gasteiger partial charge in [0, 0.05) is 16.3 Å². The van der Waals surface area contributed by atoms with Crippen LogP contribution in [0.5, 0.6) is 0 Å². The molecule has 1 heterocycles. The molecule has 0 aliphatic heterocycles. The molecule has 0 aliphatic rings. The van der Waals surface area contributed by atoms with Crippen molar-refractivity contribution < 1.29 is 28.4 Å². The van der Waals surface area contributed by atoms with Crippen molar-refractivity contribution in [3.05, 3.63) is 120 Å². The van der Waals surface area contributed by atoms with E-state index in [1.54, 1.807) is 11.8 Å². The van der Waals surface area contributed by atoms with Gasteiger partial charge in [-0.1, -0.05) is 84.9 Å². The van der Waals surface area contributed by atoms with E-state index >= 15 is 0 Å². The Morgan fingerprint density at radius 3 is 1.64 bits per heavy atom. The Kier molecular flexibility index (Phi) is 9.30. The van der Waals surface area contributed by atoms with Crippen molar-refractivity contribution >= 4 is 52.0 Å². The van der Waals surface area contributed by atoms with Crippen molar-refractivity contribution in [1.82, 2.24) is 4.98 Å². The number of hydrogen-bond acceptors (Lipinski definition) is 3. The summed E-state index contributed by atoms with van der Waals surface area (Å²) in [6.07, 6.45) is 1.05. The standard InChI is InChI=1S/C30H26ClNOPS.HI/c1-2-22-35-30-29(32-28(33-30)23-18-20-24(31)21-19-23)34(25-12-6-3-7-13-25,26-14-8-4-9-15-26)27-16-10-5-11-17-27;/h3-21H,2,22H2,1H3;1H/q+1;/p-1. The summed E-state index contributed by atoms with van der Waals surface area (Å²) in [4.78, 5) is 5.28. The lowest BCUT2D eigenvalue weighted by Crippen LogP contribution is -3.00. The van der Waals surface area contributed by atoms with Crippen LogP contribution >= 0.6 is 30.6 Å². The van der Waals surface area contributed by atoms with Gasteiger partial charge in [0.25, 0.3) is 5.44 Å². The van der Waals surface area contributed by atoms with Crippen molar-refractivity contribution in [3.8, 4) is 11.5 Å². The van der Waals surface area contributed by atoms with Gasteiger partial charge in [-0.2, -0.15) is 4.98 Å². The average molecular weight is 642 g/mol. The van der Waals surface area contributed by atoms with Gasteiger partial charge in [0.15, 0.2) is 7.26 Å². The van der Waals surface area contributed by atoms with Crippen molar-refractivity contribution in [2.45, 2.75) is 18.4 Å². The molecule has 0 saturated carbocycles. The van der Waals surface area contributed by atoms with Crippen molar-refractivity contribution in [1.29, 1.82) is 0 Å². The highest BCUT2D eigenvalue weighted by molar-refractivity contribution is 8.04. The highest BCUT2D eigenvalue weighted by Gasteiger charge is 2.52. The first-order valence-corrected chi connectivity index (χ1v) is 14.8. The number of aromatic nitrogens is 1. The van der Waals surface area contributed by atoms with Gasteiger partial charge in [0.1, 0.15) is 15.9 Å². The SMILES string of the molecule is CCCSc1oc(-c2ccc(Cl)cc2)nc1[P+](c1ccccc1)(c1ccccc1)c1ccccc1.[I-]. The number of rotatable bonds is 8. The number of halogens is 2. The molecule has 2 nitrogen and oxygen atoms in total. The topological polar surface area (TPSA) is 26.0 Å². The lowest BCUT2D eigenvalue weighted by molar-refractivity contribution is -0.00000718. The fraction of sp³-hybridized carbons (Fsp3) is 0.100. The van der Waals surface area contributed by atoms with Crippen LogP contribution < -0.4 is 45.3 Å². The lowest BCUT2D eigenvalue weighted by Gasteiger charge is -2.25. The van der Waals surface area contributed by atoms with E-state index in [4.69, 9.17) is 21.0 Å². The van der Waals surface area contributed by atoms with Gasteiger partial charge in [-0.15, -0.1) is 0 Å². The van der Waals surface area contributed by atoms with Gasteiger partial charge in [-0.3, -0.25) is 0 Å². The zero-order valence-electron chi connectivity index (χ0n) is 19.9. The third-order valence-corrected chi connectivity index (χ3v) is 11.6. The number of oxazole rings is 1. The minimum Gasteiger partial charge on any atom is -1.00 e. The van der Waals surface area contributed by atoms with Gasteiger partial charge < -0.3 is 28.4 Å². The van der Waals surface area contributed by atoms with E-state index in [2.05, 4.69) is 97.9 Å².